The van der Waals surface area contributed by atoms with E-state index in [1.165, 1.54) is 12.1 Å². The highest BCUT2D eigenvalue weighted by atomic mass is 19.4. The molecule has 0 heterocycles. The number of alkyl halides is 3. The van der Waals surface area contributed by atoms with Crippen molar-refractivity contribution in [2.75, 3.05) is 0 Å². The summed E-state index contributed by atoms with van der Waals surface area (Å²) < 4.78 is 46.8. The third-order valence-corrected chi connectivity index (χ3v) is 4.38. The number of hydrogen-bond acceptors (Lipinski definition) is 2. The lowest BCUT2D eigenvalue weighted by molar-refractivity contribution is -0.138. The van der Waals surface area contributed by atoms with Gasteiger partial charge in [-0.25, -0.2) is 0 Å². The summed E-state index contributed by atoms with van der Waals surface area (Å²) in [6.07, 6.45) is -1.58. The Hall–Kier alpha value is -2.30. The fraction of sp³-hybridized carbons (Fsp3) is 0.316. The van der Waals surface area contributed by atoms with Crippen LogP contribution in [0.4, 0.5) is 13.2 Å². The molecule has 2 aromatic carbocycles. The van der Waals surface area contributed by atoms with Gasteiger partial charge in [-0.05, 0) is 37.1 Å². The number of ether oxygens (including phenoxy) is 1. The zero-order valence-electron chi connectivity index (χ0n) is 13.0. The van der Waals surface area contributed by atoms with Gasteiger partial charge >= 0.3 is 6.18 Å². The number of rotatable bonds is 3. The maximum Gasteiger partial charge on any atom is 0.420 e. The first kappa shape index (κ1) is 16.6. The molecule has 2 aromatic rings. The molecule has 0 N–H and O–H groups in total. The van der Waals surface area contributed by atoms with Gasteiger partial charge in [0.05, 0.1) is 6.10 Å². The van der Waals surface area contributed by atoms with Gasteiger partial charge in [-0.15, -0.1) is 0 Å². The lowest BCUT2D eigenvalue weighted by Crippen LogP contribution is -2.22. The van der Waals surface area contributed by atoms with Crippen LogP contribution in [0.1, 0.15) is 41.6 Å². The normalized spacial score (nSPS) is 16.4. The Kier molecular flexibility index (Phi) is 4.35. The quantitative estimate of drug-likeness (QED) is 0.543. The lowest BCUT2D eigenvalue weighted by Gasteiger charge is -2.26. The predicted octanol–water partition coefficient (Wildman–Crippen LogP) is 5.55. The topological polar surface area (TPSA) is 26.3 Å². The zero-order chi connectivity index (χ0) is 17.3. The summed E-state index contributed by atoms with van der Waals surface area (Å²) in [5.74, 6) is -0.207. The van der Waals surface area contributed by atoms with E-state index in [0.717, 1.165) is 18.4 Å². The number of carbonyl (C=O) groups excluding carboxylic acids is 1. The number of benzene rings is 2. The molecular weight excluding hydrogens is 317 g/mol. The third kappa shape index (κ3) is 3.16. The molecule has 0 saturated heterocycles. The van der Waals surface area contributed by atoms with Gasteiger partial charge in [0.1, 0.15) is 11.3 Å². The highest BCUT2D eigenvalue weighted by molar-refractivity contribution is 6.01. The number of aldehydes is 1. The van der Waals surface area contributed by atoms with Crippen molar-refractivity contribution in [3.05, 3.63) is 53.6 Å². The van der Waals surface area contributed by atoms with Crippen LogP contribution in [0, 0.1) is 0 Å². The summed E-state index contributed by atoms with van der Waals surface area (Å²) in [6.45, 7) is 3.90. The van der Waals surface area contributed by atoms with Crippen LogP contribution in [0.3, 0.4) is 0 Å². The number of hydrogen-bond donors (Lipinski definition) is 0. The maximum absolute atomic E-state index is 13.7. The van der Waals surface area contributed by atoms with Gasteiger partial charge in [-0.2, -0.15) is 13.2 Å². The average molecular weight is 334 g/mol. The second-order valence-electron chi connectivity index (χ2n) is 6.07. The summed E-state index contributed by atoms with van der Waals surface area (Å²) in [4.78, 5) is 11.2. The maximum atomic E-state index is 13.7. The van der Waals surface area contributed by atoms with E-state index in [2.05, 4.69) is 6.58 Å². The fourth-order valence-corrected chi connectivity index (χ4v) is 3.16. The second kappa shape index (κ2) is 6.30. The summed E-state index contributed by atoms with van der Waals surface area (Å²) in [6, 6.07) is 7.43. The highest BCUT2D eigenvalue weighted by Gasteiger charge is 2.38. The number of halogens is 3. The van der Waals surface area contributed by atoms with Crippen LogP contribution >= 0.6 is 0 Å². The second-order valence-corrected chi connectivity index (χ2v) is 6.07. The van der Waals surface area contributed by atoms with Crippen LogP contribution < -0.4 is 4.74 Å². The van der Waals surface area contributed by atoms with Gasteiger partial charge in [0, 0.05) is 10.9 Å². The van der Waals surface area contributed by atoms with E-state index in [1.807, 2.05) is 0 Å². The SMILES string of the molecule is C=C1CCC(Oc2ccc3cccc(C=O)c3c2C(F)(F)F)CC1. The van der Waals surface area contributed by atoms with Crippen molar-refractivity contribution in [1.29, 1.82) is 0 Å². The van der Waals surface area contributed by atoms with Crippen molar-refractivity contribution >= 4 is 17.1 Å². The molecule has 0 radical (unpaired) electrons. The molecule has 1 aliphatic carbocycles. The Morgan fingerprint density at radius 3 is 2.46 bits per heavy atom. The Labute approximate surface area is 137 Å². The Morgan fingerprint density at radius 1 is 1.12 bits per heavy atom. The van der Waals surface area contributed by atoms with Crippen LogP contribution in [-0.4, -0.2) is 12.4 Å². The Bertz CT molecular complexity index is 783. The first-order chi connectivity index (χ1) is 11.4. The molecule has 0 aliphatic heterocycles. The number of allylic oxidation sites excluding steroid dienone is 1. The first-order valence-electron chi connectivity index (χ1n) is 7.81. The van der Waals surface area contributed by atoms with Crippen LogP contribution in [0.2, 0.25) is 0 Å². The number of fused-ring (bicyclic) bond motifs is 1. The Morgan fingerprint density at radius 2 is 1.83 bits per heavy atom. The van der Waals surface area contributed by atoms with Crippen molar-refractivity contribution in [1.82, 2.24) is 0 Å². The minimum Gasteiger partial charge on any atom is -0.490 e. The standard InChI is InChI=1S/C19H17F3O2/c1-12-5-8-15(9-6-12)24-16-10-7-13-3-2-4-14(11-23)17(13)18(16)19(20,21)22/h2-4,7,10-11,15H,1,5-6,8-9H2. The lowest BCUT2D eigenvalue weighted by atomic mass is 9.93. The molecule has 0 atom stereocenters. The van der Waals surface area contributed by atoms with Gasteiger partial charge in [-0.3, -0.25) is 4.79 Å². The van der Waals surface area contributed by atoms with E-state index in [1.54, 1.807) is 18.2 Å². The molecule has 1 fully saturated rings. The van der Waals surface area contributed by atoms with E-state index < -0.39 is 11.7 Å². The van der Waals surface area contributed by atoms with Gasteiger partial charge < -0.3 is 4.74 Å². The van der Waals surface area contributed by atoms with Crippen molar-refractivity contribution in [3.63, 3.8) is 0 Å². The van der Waals surface area contributed by atoms with Crippen LogP contribution in [0.5, 0.6) is 5.75 Å². The molecule has 0 bridgehead atoms. The van der Waals surface area contributed by atoms with Crippen molar-refractivity contribution in [2.45, 2.75) is 38.0 Å². The molecule has 0 spiro atoms. The summed E-state index contributed by atoms with van der Waals surface area (Å²) in [5, 5.41) is 0.272. The number of carbonyl (C=O) groups is 1. The smallest absolute Gasteiger partial charge is 0.420 e. The fourth-order valence-electron chi connectivity index (χ4n) is 3.16. The molecular formula is C19H17F3O2. The largest absolute Gasteiger partial charge is 0.490 e. The van der Waals surface area contributed by atoms with E-state index >= 15 is 0 Å². The van der Waals surface area contributed by atoms with Gasteiger partial charge in [-0.1, -0.05) is 36.4 Å². The van der Waals surface area contributed by atoms with E-state index in [9.17, 15) is 18.0 Å². The molecule has 3 rings (SSSR count). The highest BCUT2D eigenvalue weighted by Crippen LogP contribution is 2.43. The van der Waals surface area contributed by atoms with Crippen LogP contribution in [0.25, 0.3) is 10.8 Å². The zero-order valence-corrected chi connectivity index (χ0v) is 13.0. The molecule has 0 aromatic heterocycles. The van der Waals surface area contributed by atoms with Crippen molar-refractivity contribution in [3.8, 4) is 5.75 Å². The van der Waals surface area contributed by atoms with Gasteiger partial charge in [0.25, 0.3) is 0 Å². The third-order valence-electron chi connectivity index (χ3n) is 4.38. The summed E-state index contributed by atoms with van der Waals surface area (Å²) in [7, 11) is 0. The van der Waals surface area contributed by atoms with Gasteiger partial charge in [0.15, 0.2) is 6.29 Å². The molecule has 0 amide bonds. The average Bonchev–Trinajstić information content (AvgIpc) is 2.55. The monoisotopic (exact) mass is 334 g/mol. The molecule has 126 valence electrons. The Balaban J connectivity index is 2.10. The molecule has 1 aliphatic rings. The first-order valence-corrected chi connectivity index (χ1v) is 7.81. The predicted molar refractivity (Wildman–Crippen MR) is 86.4 cm³/mol. The minimum atomic E-state index is -4.60. The van der Waals surface area contributed by atoms with Crippen LogP contribution in [0.15, 0.2) is 42.5 Å². The van der Waals surface area contributed by atoms with E-state index in [0.29, 0.717) is 24.5 Å². The van der Waals surface area contributed by atoms with E-state index in [4.69, 9.17) is 4.74 Å². The van der Waals surface area contributed by atoms with Crippen LogP contribution in [-0.2, 0) is 6.18 Å². The van der Waals surface area contributed by atoms with Gasteiger partial charge in [0.2, 0.25) is 0 Å². The molecule has 5 heteroatoms. The molecule has 1 saturated carbocycles. The summed E-state index contributed by atoms with van der Waals surface area (Å²) >= 11 is 0. The molecule has 2 nitrogen and oxygen atoms in total. The molecule has 24 heavy (non-hydrogen) atoms. The minimum absolute atomic E-state index is 0.0160. The molecule has 0 unspecified atom stereocenters. The summed E-state index contributed by atoms with van der Waals surface area (Å²) in [5.41, 5.74) is 0.252. The van der Waals surface area contributed by atoms with E-state index in [-0.39, 0.29) is 22.8 Å². The van der Waals surface area contributed by atoms with Crippen molar-refractivity contribution in [2.24, 2.45) is 0 Å². The van der Waals surface area contributed by atoms with Crippen molar-refractivity contribution < 1.29 is 22.7 Å².